The Bertz CT molecular complexity index is 1250. The Balaban J connectivity index is 1.95. The fourth-order valence-electron chi connectivity index (χ4n) is 3.29. The molecule has 10 heteroatoms. The molecule has 0 saturated carbocycles. The predicted molar refractivity (Wildman–Crippen MR) is 114 cm³/mol. The number of aromatic nitrogens is 3. The van der Waals surface area contributed by atoms with Crippen molar-refractivity contribution in [2.24, 2.45) is 14.1 Å². The zero-order valence-electron chi connectivity index (χ0n) is 18.2. The Hall–Kier alpha value is -3.82. The Morgan fingerprint density at radius 3 is 2.16 bits per heavy atom. The number of carbonyl (C=O) groups excluding carboxylic acids is 1. The van der Waals surface area contributed by atoms with E-state index >= 15 is 0 Å². The van der Waals surface area contributed by atoms with E-state index in [1.54, 1.807) is 19.1 Å². The molecule has 0 fully saturated rings. The predicted octanol–water partition coefficient (Wildman–Crippen LogP) is 1.15. The van der Waals surface area contributed by atoms with Crippen molar-refractivity contribution in [2.45, 2.75) is 13.0 Å². The average Bonchev–Trinajstić information content (AvgIpc) is 2.79. The van der Waals surface area contributed by atoms with Gasteiger partial charge in [0.05, 0.1) is 32.8 Å². The fourth-order valence-corrected chi connectivity index (χ4v) is 3.29. The van der Waals surface area contributed by atoms with Crippen molar-refractivity contribution in [3.63, 3.8) is 0 Å². The number of methoxy groups -OCH3 is 3. The van der Waals surface area contributed by atoms with Gasteiger partial charge in [0.2, 0.25) is 5.75 Å². The lowest BCUT2D eigenvalue weighted by Gasteiger charge is -2.19. The number of pyridine rings is 1. The summed E-state index contributed by atoms with van der Waals surface area (Å²) in [6, 6.07) is 6.00. The first-order chi connectivity index (χ1) is 14.7. The van der Waals surface area contributed by atoms with E-state index in [4.69, 9.17) is 14.2 Å². The van der Waals surface area contributed by atoms with Crippen LogP contribution in [0.4, 0.5) is 0 Å². The van der Waals surface area contributed by atoms with Crippen molar-refractivity contribution in [1.29, 1.82) is 0 Å². The number of nitrogens with zero attached hydrogens (tertiary/aromatic N) is 3. The lowest BCUT2D eigenvalue weighted by atomic mass is 10.1. The summed E-state index contributed by atoms with van der Waals surface area (Å²) in [5.41, 5.74) is -0.0437. The Morgan fingerprint density at radius 1 is 1.00 bits per heavy atom. The molecule has 31 heavy (non-hydrogen) atoms. The van der Waals surface area contributed by atoms with Crippen LogP contribution in [0.2, 0.25) is 0 Å². The van der Waals surface area contributed by atoms with E-state index in [2.05, 4.69) is 10.3 Å². The highest BCUT2D eigenvalue weighted by molar-refractivity contribution is 5.94. The normalized spacial score (nSPS) is 11.8. The van der Waals surface area contributed by atoms with E-state index in [0.717, 1.165) is 10.1 Å². The first-order valence-electron chi connectivity index (χ1n) is 9.41. The van der Waals surface area contributed by atoms with E-state index < -0.39 is 23.2 Å². The quantitative estimate of drug-likeness (QED) is 0.626. The second-order valence-electron chi connectivity index (χ2n) is 6.93. The summed E-state index contributed by atoms with van der Waals surface area (Å²) in [5.74, 6) is 0.919. The van der Waals surface area contributed by atoms with Gasteiger partial charge in [-0.15, -0.1) is 0 Å². The third-order valence-electron chi connectivity index (χ3n) is 5.07. The third kappa shape index (κ3) is 3.83. The molecule has 3 rings (SSSR count). The number of aryl methyl sites for hydroxylation is 1. The average molecular weight is 428 g/mol. The van der Waals surface area contributed by atoms with Crippen LogP contribution in [-0.4, -0.2) is 41.4 Å². The maximum Gasteiger partial charge on any atom is 0.332 e. The van der Waals surface area contributed by atoms with Crippen LogP contribution >= 0.6 is 0 Å². The topological polar surface area (TPSA) is 114 Å². The van der Waals surface area contributed by atoms with Crippen molar-refractivity contribution in [2.75, 3.05) is 21.3 Å². The summed E-state index contributed by atoms with van der Waals surface area (Å²) < 4.78 is 18.3. The molecule has 1 atom stereocenters. The van der Waals surface area contributed by atoms with Crippen LogP contribution in [0.1, 0.15) is 29.0 Å². The molecule has 164 valence electrons. The van der Waals surface area contributed by atoms with Crippen LogP contribution in [0.3, 0.4) is 0 Å². The van der Waals surface area contributed by atoms with Crippen LogP contribution in [0.25, 0.3) is 11.0 Å². The molecular formula is C21H24N4O6. The van der Waals surface area contributed by atoms with Crippen molar-refractivity contribution in [3.05, 3.63) is 56.4 Å². The molecule has 2 heterocycles. The molecule has 3 aromatic rings. The summed E-state index contributed by atoms with van der Waals surface area (Å²) in [4.78, 5) is 41.5. The number of nitrogens with one attached hydrogen (secondary N) is 1. The van der Waals surface area contributed by atoms with Gasteiger partial charge in [-0.05, 0) is 36.8 Å². The van der Waals surface area contributed by atoms with Crippen LogP contribution in [0.15, 0.2) is 33.9 Å². The zero-order chi connectivity index (χ0) is 22.9. The molecule has 0 spiro atoms. The molecule has 1 amide bonds. The summed E-state index contributed by atoms with van der Waals surface area (Å²) in [7, 11) is 7.42. The maximum absolute atomic E-state index is 12.8. The molecule has 0 radical (unpaired) electrons. The molecule has 0 aliphatic carbocycles. The number of fused-ring (bicyclic) bond motifs is 1. The van der Waals surface area contributed by atoms with Crippen molar-refractivity contribution in [1.82, 2.24) is 19.4 Å². The van der Waals surface area contributed by atoms with Gasteiger partial charge in [0.1, 0.15) is 11.3 Å². The molecule has 0 aliphatic rings. The van der Waals surface area contributed by atoms with Gasteiger partial charge in [-0.1, -0.05) is 0 Å². The minimum Gasteiger partial charge on any atom is -0.493 e. The van der Waals surface area contributed by atoms with Crippen molar-refractivity contribution < 1.29 is 19.0 Å². The number of hydrogen-bond donors (Lipinski definition) is 1. The van der Waals surface area contributed by atoms with Crippen LogP contribution in [0.5, 0.6) is 17.2 Å². The number of ether oxygens (including phenoxy) is 3. The minimum atomic E-state index is -0.520. The van der Waals surface area contributed by atoms with Crippen molar-refractivity contribution in [3.8, 4) is 17.2 Å². The highest BCUT2D eigenvalue weighted by Gasteiger charge is 2.19. The van der Waals surface area contributed by atoms with E-state index in [9.17, 15) is 14.4 Å². The Labute approximate surface area is 178 Å². The molecule has 1 N–H and O–H groups in total. The van der Waals surface area contributed by atoms with E-state index in [0.29, 0.717) is 17.2 Å². The van der Waals surface area contributed by atoms with Gasteiger partial charge in [0.25, 0.3) is 11.5 Å². The van der Waals surface area contributed by atoms with E-state index in [-0.39, 0.29) is 16.7 Å². The lowest BCUT2D eigenvalue weighted by Crippen LogP contribution is -2.37. The number of hydrogen-bond acceptors (Lipinski definition) is 7. The highest BCUT2D eigenvalue weighted by atomic mass is 16.5. The number of rotatable bonds is 6. The number of benzene rings is 1. The molecule has 10 nitrogen and oxygen atoms in total. The molecule has 0 aliphatic heterocycles. The second kappa shape index (κ2) is 8.50. The van der Waals surface area contributed by atoms with Crippen LogP contribution in [-0.2, 0) is 14.1 Å². The van der Waals surface area contributed by atoms with E-state index in [1.807, 2.05) is 0 Å². The molecule has 0 saturated heterocycles. The standard InChI is InChI=1S/C21H24N4O6/c1-11(12-9-15(29-4)17(31-6)16(10-12)30-5)22-19(26)14-8-7-13-18(23-14)24(2)21(28)25(3)20(13)27/h7-11H,1-6H3,(H,22,26)/t11-/m1/s1. The Kier molecular flexibility index (Phi) is 6.00. The third-order valence-corrected chi connectivity index (χ3v) is 5.07. The van der Waals surface area contributed by atoms with E-state index in [1.165, 1.54) is 52.1 Å². The largest absolute Gasteiger partial charge is 0.493 e. The molecular weight excluding hydrogens is 404 g/mol. The number of amides is 1. The summed E-state index contributed by atoms with van der Waals surface area (Å²) in [6.45, 7) is 1.80. The maximum atomic E-state index is 12.8. The summed E-state index contributed by atoms with van der Waals surface area (Å²) in [5, 5.41) is 3.10. The summed E-state index contributed by atoms with van der Waals surface area (Å²) in [6.07, 6.45) is 0. The molecule has 2 aromatic heterocycles. The first-order valence-corrected chi connectivity index (χ1v) is 9.41. The Morgan fingerprint density at radius 2 is 1.61 bits per heavy atom. The van der Waals surface area contributed by atoms with Crippen molar-refractivity contribution >= 4 is 16.9 Å². The van der Waals surface area contributed by atoms with Crippen LogP contribution in [0, 0.1) is 0 Å². The fraction of sp³-hybridized carbons (Fsp3) is 0.333. The first kappa shape index (κ1) is 21.9. The second-order valence-corrected chi connectivity index (χ2v) is 6.93. The van der Waals surface area contributed by atoms with Gasteiger partial charge in [0.15, 0.2) is 11.5 Å². The zero-order valence-corrected chi connectivity index (χ0v) is 18.2. The van der Waals surface area contributed by atoms with Crippen LogP contribution < -0.4 is 30.8 Å². The smallest absolute Gasteiger partial charge is 0.332 e. The SMILES string of the molecule is COc1cc([C@@H](C)NC(=O)c2ccc3c(=O)n(C)c(=O)n(C)c3n2)cc(OC)c1OC. The lowest BCUT2D eigenvalue weighted by molar-refractivity contribution is 0.0935. The van der Waals surface area contributed by atoms with Gasteiger partial charge in [-0.25, -0.2) is 9.78 Å². The van der Waals surface area contributed by atoms with Gasteiger partial charge >= 0.3 is 5.69 Å². The number of carbonyl (C=O) groups is 1. The molecule has 1 aromatic carbocycles. The van der Waals surface area contributed by atoms with Gasteiger partial charge in [-0.2, -0.15) is 0 Å². The summed E-state index contributed by atoms with van der Waals surface area (Å²) >= 11 is 0. The monoisotopic (exact) mass is 428 g/mol. The molecule has 0 bridgehead atoms. The van der Waals surface area contributed by atoms with Gasteiger partial charge in [0, 0.05) is 14.1 Å². The minimum absolute atomic E-state index is 0.0787. The van der Waals surface area contributed by atoms with Gasteiger partial charge < -0.3 is 19.5 Å². The highest BCUT2D eigenvalue weighted by Crippen LogP contribution is 2.39. The van der Waals surface area contributed by atoms with Gasteiger partial charge in [-0.3, -0.25) is 18.7 Å². The molecule has 0 unspecified atom stereocenters.